The van der Waals surface area contributed by atoms with Crippen molar-refractivity contribution in [3.63, 3.8) is 0 Å². The lowest BCUT2D eigenvalue weighted by Crippen LogP contribution is -2.25. The van der Waals surface area contributed by atoms with E-state index in [0.29, 0.717) is 44.3 Å². The van der Waals surface area contributed by atoms with Crippen molar-refractivity contribution in [2.75, 3.05) is 13.1 Å². The molecule has 8 rings (SSSR count). The van der Waals surface area contributed by atoms with Crippen molar-refractivity contribution in [2.45, 2.75) is 53.6 Å². The lowest BCUT2D eigenvalue weighted by molar-refractivity contribution is -0.137. The lowest BCUT2D eigenvalue weighted by Gasteiger charge is -2.11. The third kappa shape index (κ3) is 16.3. The predicted molar refractivity (Wildman–Crippen MR) is 300 cm³/mol. The van der Waals surface area contributed by atoms with Crippen LogP contribution in [0, 0.1) is 12.3 Å². The molecular formula is C59H54Cl4N6O6. The summed E-state index contributed by atoms with van der Waals surface area (Å²) < 4.78 is 3.84. The van der Waals surface area contributed by atoms with E-state index in [1.807, 2.05) is 77.0 Å². The van der Waals surface area contributed by atoms with Gasteiger partial charge in [0, 0.05) is 55.4 Å². The number of carboxylic acid groups (broad SMARTS) is 2. The van der Waals surface area contributed by atoms with E-state index in [1.165, 1.54) is 5.56 Å². The van der Waals surface area contributed by atoms with Crippen molar-refractivity contribution >= 4 is 76.2 Å². The molecule has 8 aromatic rings. The number of allylic oxidation sites excluding steroid dienone is 1. The van der Waals surface area contributed by atoms with E-state index < -0.39 is 11.9 Å². The zero-order valence-electron chi connectivity index (χ0n) is 41.6. The minimum Gasteiger partial charge on any atom is -0.481 e. The number of amides is 2. The molecule has 0 saturated heterocycles. The quantitative estimate of drug-likeness (QED) is 0.0699. The first-order valence-corrected chi connectivity index (χ1v) is 25.4. The van der Waals surface area contributed by atoms with Crippen LogP contribution in [-0.4, -0.2) is 66.6 Å². The number of aryl methyl sites for hydroxylation is 1. The van der Waals surface area contributed by atoms with E-state index in [0.717, 1.165) is 61.7 Å². The molecule has 2 heterocycles. The van der Waals surface area contributed by atoms with E-state index in [2.05, 4.69) is 92.1 Å². The summed E-state index contributed by atoms with van der Waals surface area (Å²) in [6.07, 6.45) is 4.06. The van der Waals surface area contributed by atoms with Gasteiger partial charge in [0.25, 0.3) is 11.8 Å². The normalized spacial score (nSPS) is 11.3. The fourth-order valence-corrected chi connectivity index (χ4v) is 8.75. The molecule has 6 aromatic carbocycles. The molecule has 12 nitrogen and oxygen atoms in total. The molecule has 0 unspecified atom stereocenters. The van der Waals surface area contributed by atoms with Gasteiger partial charge >= 0.3 is 11.9 Å². The Kier molecular flexibility index (Phi) is 18.5. The van der Waals surface area contributed by atoms with Crippen LogP contribution in [0.5, 0.6) is 0 Å². The van der Waals surface area contributed by atoms with E-state index >= 15 is 0 Å². The summed E-state index contributed by atoms with van der Waals surface area (Å²) in [5, 5.41) is 34.6. The number of nitrogens with zero attached hydrogens (tertiary/aromatic N) is 4. The fraction of sp³-hybridized carbons (Fsp3) is 0.186. The van der Waals surface area contributed by atoms with Crippen LogP contribution >= 0.6 is 46.4 Å². The lowest BCUT2D eigenvalue weighted by atomic mass is 9.95. The summed E-state index contributed by atoms with van der Waals surface area (Å²) in [5.41, 5.74) is 12.2. The smallest absolute Gasteiger partial charge is 0.305 e. The van der Waals surface area contributed by atoms with Gasteiger partial charge in [-0.2, -0.15) is 10.2 Å². The van der Waals surface area contributed by atoms with Crippen LogP contribution in [0.1, 0.15) is 76.6 Å². The summed E-state index contributed by atoms with van der Waals surface area (Å²) in [6.45, 7) is 9.65. The SMILES string of the molecule is CC(C)(C)/C=C/c1ccc(-c2cc(-c3cc(Cl)cc(Cl)c3)nn2Cc2ccc(C(=O)NCCC(=O)O)cc2)cc1.Cc1ccc(-c2cc(-c3cc(Cl)cc(Cl)c3)nn2Cc2ccc(C(=O)NCCC(=O)O)cc2)cc1. The molecular weight excluding hydrogens is 1030 g/mol. The van der Waals surface area contributed by atoms with Gasteiger partial charge < -0.3 is 20.8 Å². The van der Waals surface area contributed by atoms with Crippen LogP contribution in [0.3, 0.4) is 0 Å². The average Bonchev–Trinajstić information content (AvgIpc) is 3.98. The van der Waals surface area contributed by atoms with Crippen LogP contribution in [0.4, 0.5) is 0 Å². The molecule has 0 spiro atoms. The van der Waals surface area contributed by atoms with Crippen molar-refractivity contribution in [3.8, 4) is 45.0 Å². The predicted octanol–water partition coefficient (Wildman–Crippen LogP) is 13.9. The molecule has 75 heavy (non-hydrogen) atoms. The molecule has 0 aliphatic carbocycles. The molecule has 384 valence electrons. The number of rotatable bonds is 17. The number of aromatic nitrogens is 4. The highest BCUT2D eigenvalue weighted by Crippen LogP contribution is 2.33. The molecule has 0 saturated carbocycles. The van der Waals surface area contributed by atoms with Crippen molar-refractivity contribution in [1.29, 1.82) is 0 Å². The Labute approximate surface area is 455 Å². The second-order valence-corrected chi connectivity index (χ2v) is 20.6. The number of carboxylic acids is 2. The van der Waals surface area contributed by atoms with Crippen molar-refractivity contribution in [2.24, 2.45) is 5.41 Å². The number of halogens is 4. The molecule has 0 atom stereocenters. The summed E-state index contributed by atoms with van der Waals surface area (Å²) in [4.78, 5) is 45.9. The minimum atomic E-state index is -0.957. The topological polar surface area (TPSA) is 168 Å². The highest BCUT2D eigenvalue weighted by Gasteiger charge is 2.17. The van der Waals surface area contributed by atoms with Gasteiger partial charge in [0.15, 0.2) is 0 Å². The van der Waals surface area contributed by atoms with Gasteiger partial charge in [0.2, 0.25) is 0 Å². The maximum absolute atomic E-state index is 12.3. The van der Waals surface area contributed by atoms with Crippen LogP contribution in [0.15, 0.2) is 152 Å². The maximum atomic E-state index is 12.3. The number of benzene rings is 6. The van der Waals surface area contributed by atoms with Crippen LogP contribution < -0.4 is 10.6 Å². The number of hydrogen-bond donors (Lipinski definition) is 4. The second kappa shape index (κ2) is 25.2. The van der Waals surface area contributed by atoms with E-state index in [1.54, 1.807) is 36.4 Å². The van der Waals surface area contributed by atoms with Gasteiger partial charge in [0.05, 0.1) is 48.7 Å². The Hall–Kier alpha value is -7.48. The zero-order valence-corrected chi connectivity index (χ0v) is 44.6. The molecule has 0 aliphatic rings. The van der Waals surface area contributed by atoms with E-state index in [-0.39, 0.29) is 43.2 Å². The molecule has 16 heteroatoms. The van der Waals surface area contributed by atoms with Gasteiger partial charge in [-0.05, 0) is 113 Å². The molecule has 0 fully saturated rings. The molecule has 0 bridgehead atoms. The summed E-state index contributed by atoms with van der Waals surface area (Å²) in [6, 6.07) is 45.6. The number of carbonyl (C=O) groups is 4. The van der Waals surface area contributed by atoms with Gasteiger partial charge in [-0.15, -0.1) is 0 Å². The number of carbonyl (C=O) groups excluding carboxylic acids is 2. The fourth-order valence-electron chi connectivity index (χ4n) is 7.70. The molecule has 2 aromatic heterocycles. The van der Waals surface area contributed by atoms with E-state index in [9.17, 15) is 19.2 Å². The number of hydrogen-bond acceptors (Lipinski definition) is 6. The number of nitrogens with one attached hydrogen (secondary N) is 2. The highest BCUT2D eigenvalue weighted by atomic mass is 35.5. The second-order valence-electron chi connectivity index (χ2n) is 18.8. The largest absolute Gasteiger partial charge is 0.481 e. The van der Waals surface area contributed by atoms with Crippen LogP contribution in [0.25, 0.3) is 51.1 Å². The standard InChI is InChI=1S/C32H31Cl2N3O3.C27H23Cl2N3O3/c1-32(2,3)14-12-21-4-8-23(9-5-21)29-19-28(25-16-26(33)18-27(34)17-25)36-37(29)20-22-6-10-24(11-7-22)31(40)35-15-13-30(38)39;1-17-2-6-19(7-3-17)25-15-24(21-12-22(28)14-23(29)13-21)31-32(25)16-18-4-8-20(9-5-18)27(35)30-11-10-26(33)34/h4-12,14,16-19H,13,15,20H2,1-3H3,(H,35,40)(H,38,39);2-9,12-15H,10-11,16H2,1H3,(H,30,35)(H,33,34)/b14-12+;. The first-order valence-electron chi connectivity index (χ1n) is 23.9. The van der Waals surface area contributed by atoms with Gasteiger partial charge in [-0.1, -0.05) is 158 Å². The van der Waals surface area contributed by atoms with Crippen molar-refractivity contribution < 1.29 is 29.4 Å². The monoisotopic (exact) mass is 1080 g/mol. The highest BCUT2D eigenvalue weighted by molar-refractivity contribution is 6.35. The van der Waals surface area contributed by atoms with Crippen LogP contribution in [-0.2, 0) is 22.7 Å². The Balaban J connectivity index is 0.000000221. The Morgan fingerprint density at radius 1 is 0.520 bits per heavy atom. The minimum absolute atomic E-state index is 0.0770. The molecule has 0 aliphatic heterocycles. The third-order valence-electron chi connectivity index (χ3n) is 11.6. The zero-order chi connectivity index (χ0) is 53.8. The first kappa shape index (κ1) is 55.3. The van der Waals surface area contributed by atoms with Crippen LogP contribution in [0.2, 0.25) is 20.1 Å². The first-order chi connectivity index (χ1) is 35.7. The summed E-state index contributed by atoms with van der Waals surface area (Å²) in [5.74, 6) is -2.53. The molecule has 2 amide bonds. The summed E-state index contributed by atoms with van der Waals surface area (Å²) in [7, 11) is 0. The Morgan fingerprint density at radius 2 is 0.893 bits per heavy atom. The average molecular weight is 1080 g/mol. The van der Waals surface area contributed by atoms with E-state index in [4.69, 9.17) is 66.8 Å². The maximum Gasteiger partial charge on any atom is 0.305 e. The Bertz CT molecular complexity index is 3300. The summed E-state index contributed by atoms with van der Waals surface area (Å²) >= 11 is 25.0. The number of aliphatic carboxylic acids is 2. The van der Waals surface area contributed by atoms with Gasteiger partial charge in [0.1, 0.15) is 0 Å². The van der Waals surface area contributed by atoms with Gasteiger partial charge in [-0.25, -0.2) is 0 Å². The Morgan fingerprint density at radius 3 is 1.25 bits per heavy atom. The molecule has 0 radical (unpaired) electrons. The van der Waals surface area contributed by atoms with Crippen molar-refractivity contribution in [3.05, 3.63) is 205 Å². The van der Waals surface area contributed by atoms with Gasteiger partial charge in [-0.3, -0.25) is 28.5 Å². The third-order valence-corrected chi connectivity index (χ3v) is 12.4. The van der Waals surface area contributed by atoms with Crippen molar-refractivity contribution in [1.82, 2.24) is 30.2 Å². The molecule has 4 N–H and O–H groups in total.